The topological polar surface area (TPSA) is 29.3 Å². The molecular formula is C17H21FN2. The van der Waals surface area contributed by atoms with Gasteiger partial charge in [0, 0.05) is 18.8 Å². The summed E-state index contributed by atoms with van der Waals surface area (Å²) in [5.41, 5.74) is 9.67. The maximum atomic E-state index is 13.4. The minimum absolute atomic E-state index is 0.271. The number of aryl methyl sites for hydroxylation is 1. The third-order valence-electron chi connectivity index (χ3n) is 3.49. The molecule has 0 spiro atoms. The van der Waals surface area contributed by atoms with Crippen LogP contribution < -0.4 is 5.73 Å². The standard InChI is InChI=1S/C17H21FN2/c1-3-20(12-15-7-5-4-6-13(15)2)11-14-8-16(18)10-17(19)9-14/h4-10H,3,11-12,19H2,1-2H3. The van der Waals surface area contributed by atoms with Crippen LogP contribution in [0.4, 0.5) is 10.1 Å². The zero-order valence-corrected chi connectivity index (χ0v) is 12.1. The van der Waals surface area contributed by atoms with Crippen molar-refractivity contribution in [3.63, 3.8) is 0 Å². The van der Waals surface area contributed by atoms with E-state index in [0.29, 0.717) is 12.2 Å². The zero-order chi connectivity index (χ0) is 14.5. The predicted octanol–water partition coefficient (Wildman–Crippen LogP) is 3.74. The van der Waals surface area contributed by atoms with Crippen molar-refractivity contribution in [1.82, 2.24) is 4.90 Å². The van der Waals surface area contributed by atoms with E-state index in [0.717, 1.165) is 18.7 Å². The SMILES string of the molecule is CCN(Cc1cc(N)cc(F)c1)Cc1ccccc1C. The Morgan fingerprint density at radius 3 is 2.50 bits per heavy atom. The summed E-state index contributed by atoms with van der Waals surface area (Å²) in [6, 6.07) is 13.1. The molecule has 3 heteroatoms. The van der Waals surface area contributed by atoms with Crippen LogP contribution in [0.15, 0.2) is 42.5 Å². The lowest BCUT2D eigenvalue weighted by Crippen LogP contribution is -2.22. The van der Waals surface area contributed by atoms with Gasteiger partial charge in [-0.05, 0) is 48.4 Å². The summed E-state index contributed by atoms with van der Waals surface area (Å²) < 4.78 is 13.4. The maximum Gasteiger partial charge on any atom is 0.125 e. The highest BCUT2D eigenvalue weighted by molar-refractivity contribution is 5.41. The number of anilines is 1. The molecule has 20 heavy (non-hydrogen) atoms. The second kappa shape index (κ2) is 6.53. The van der Waals surface area contributed by atoms with Crippen molar-refractivity contribution in [2.75, 3.05) is 12.3 Å². The van der Waals surface area contributed by atoms with Gasteiger partial charge in [-0.2, -0.15) is 0 Å². The van der Waals surface area contributed by atoms with Gasteiger partial charge in [-0.25, -0.2) is 4.39 Å². The molecule has 2 aromatic carbocycles. The van der Waals surface area contributed by atoms with Gasteiger partial charge in [0.25, 0.3) is 0 Å². The number of nitrogens with zero attached hydrogens (tertiary/aromatic N) is 1. The van der Waals surface area contributed by atoms with Gasteiger partial charge in [0.15, 0.2) is 0 Å². The van der Waals surface area contributed by atoms with Crippen LogP contribution in [0.3, 0.4) is 0 Å². The Bertz CT molecular complexity index is 561. The van der Waals surface area contributed by atoms with Gasteiger partial charge >= 0.3 is 0 Å². The number of hydrogen-bond acceptors (Lipinski definition) is 2. The monoisotopic (exact) mass is 272 g/mol. The summed E-state index contributed by atoms with van der Waals surface area (Å²) in [5, 5.41) is 0. The summed E-state index contributed by atoms with van der Waals surface area (Å²) in [6.07, 6.45) is 0. The van der Waals surface area contributed by atoms with Gasteiger partial charge in [-0.15, -0.1) is 0 Å². The van der Waals surface area contributed by atoms with E-state index in [2.05, 4.69) is 36.9 Å². The van der Waals surface area contributed by atoms with Gasteiger partial charge in [-0.1, -0.05) is 31.2 Å². The molecule has 0 saturated heterocycles. The molecule has 2 N–H and O–H groups in total. The fourth-order valence-corrected chi connectivity index (χ4v) is 2.33. The van der Waals surface area contributed by atoms with Crippen LogP contribution in [-0.2, 0) is 13.1 Å². The number of rotatable bonds is 5. The number of halogens is 1. The molecule has 0 amide bonds. The van der Waals surface area contributed by atoms with Crippen LogP contribution in [0.1, 0.15) is 23.6 Å². The minimum Gasteiger partial charge on any atom is -0.399 e. The van der Waals surface area contributed by atoms with E-state index in [1.165, 1.54) is 17.2 Å². The average Bonchev–Trinajstić information content (AvgIpc) is 2.39. The molecule has 0 radical (unpaired) electrons. The molecule has 0 bridgehead atoms. The van der Waals surface area contributed by atoms with Crippen LogP contribution >= 0.6 is 0 Å². The Hall–Kier alpha value is -1.87. The number of nitrogens with two attached hydrogens (primary N) is 1. The van der Waals surface area contributed by atoms with Crippen LogP contribution in [0.25, 0.3) is 0 Å². The molecule has 0 aliphatic heterocycles. The quantitative estimate of drug-likeness (QED) is 0.840. The molecule has 0 unspecified atom stereocenters. The molecule has 106 valence electrons. The van der Waals surface area contributed by atoms with Crippen LogP contribution in [-0.4, -0.2) is 11.4 Å². The Kier molecular flexibility index (Phi) is 4.74. The zero-order valence-electron chi connectivity index (χ0n) is 12.1. The van der Waals surface area contributed by atoms with Gasteiger partial charge in [0.1, 0.15) is 5.82 Å². The fraction of sp³-hybridized carbons (Fsp3) is 0.294. The molecule has 0 aliphatic carbocycles. The van der Waals surface area contributed by atoms with Crippen molar-refractivity contribution < 1.29 is 4.39 Å². The highest BCUT2D eigenvalue weighted by atomic mass is 19.1. The van der Waals surface area contributed by atoms with Gasteiger partial charge in [-0.3, -0.25) is 4.90 Å². The van der Waals surface area contributed by atoms with E-state index in [4.69, 9.17) is 5.73 Å². The summed E-state index contributed by atoms with van der Waals surface area (Å²) in [7, 11) is 0. The maximum absolute atomic E-state index is 13.4. The Morgan fingerprint density at radius 1 is 1.10 bits per heavy atom. The first-order chi connectivity index (χ1) is 9.58. The van der Waals surface area contributed by atoms with Crippen molar-refractivity contribution in [2.45, 2.75) is 26.9 Å². The molecular weight excluding hydrogens is 251 g/mol. The molecule has 0 aliphatic rings. The molecule has 0 atom stereocenters. The Balaban J connectivity index is 2.11. The van der Waals surface area contributed by atoms with Crippen molar-refractivity contribution in [1.29, 1.82) is 0 Å². The minimum atomic E-state index is -0.271. The second-order valence-electron chi connectivity index (χ2n) is 5.12. The van der Waals surface area contributed by atoms with Crippen molar-refractivity contribution in [2.24, 2.45) is 0 Å². The van der Waals surface area contributed by atoms with Gasteiger partial charge in [0.05, 0.1) is 0 Å². The summed E-state index contributed by atoms with van der Waals surface area (Å²) >= 11 is 0. The molecule has 0 fully saturated rings. The molecule has 0 saturated carbocycles. The van der Waals surface area contributed by atoms with E-state index in [1.54, 1.807) is 6.07 Å². The van der Waals surface area contributed by atoms with Crippen molar-refractivity contribution in [3.8, 4) is 0 Å². The van der Waals surface area contributed by atoms with E-state index < -0.39 is 0 Å². The van der Waals surface area contributed by atoms with Crippen molar-refractivity contribution >= 4 is 5.69 Å². The van der Waals surface area contributed by atoms with Gasteiger partial charge < -0.3 is 5.73 Å². The lowest BCUT2D eigenvalue weighted by Gasteiger charge is -2.22. The largest absolute Gasteiger partial charge is 0.399 e. The predicted molar refractivity (Wildman–Crippen MR) is 81.8 cm³/mol. The molecule has 0 heterocycles. The summed E-state index contributed by atoms with van der Waals surface area (Å²) in [5.74, 6) is -0.271. The molecule has 2 nitrogen and oxygen atoms in total. The summed E-state index contributed by atoms with van der Waals surface area (Å²) in [6.45, 7) is 6.70. The molecule has 0 aromatic heterocycles. The second-order valence-corrected chi connectivity index (χ2v) is 5.12. The number of hydrogen-bond donors (Lipinski definition) is 1. The van der Waals surface area contributed by atoms with E-state index >= 15 is 0 Å². The first-order valence-electron chi connectivity index (χ1n) is 6.90. The third kappa shape index (κ3) is 3.81. The van der Waals surface area contributed by atoms with Crippen LogP contribution in [0.2, 0.25) is 0 Å². The van der Waals surface area contributed by atoms with Crippen LogP contribution in [0.5, 0.6) is 0 Å². The number of benzene rings is 2. The number of nitrogen functional groups attached to an aromatic ring is 1. The molecule has 2 rings (SSSR count). The van der Waals surface area contributed by atoms with Gasteiger partial charge in [0.2, 0.25) is 0 Å². The molecule has 2 aromatic rings. The lowest BCUT2D eigenvalue weighted by atomic mass is 10.1. The Morgan fingerprint density at radius 2 is 1.85 bits per heavy atom. The fourth-order valence-electron chi connectivity index (χ4n) is 2.33. The van der Waals surface area contributed by atoms with Crippen LogP contribution in [0, 0.1) is 12.7 Å². The van der Waals surface area contributed by atoms with E-state index in [9.17, 15) is 4.39 Å². The van der Waals surface area contributed by atoms with E-state index in [1.807, 2.05) is 12.1 Å². The van der Waals surface area contributed by atoms with Crippen molar-refractivity contribution in [3.05, 3.63) is 65.0 Å². The Labute approximate surface area is 120 Å². The third-order valence-corrected chi connectivity index (χ3v) is 3.49. The average molecular weight is 272 g/mol. The summed E-state index contributed by atoms with van der Waals surface area (Å²) in [4.78, 5) is 2.27. The normalized spacial score (nSPS) is 11.0. The first-order valence-corrected chi connectivity index (χ1v) is 6.90. The highest BCUT2D eigenvalue weighted by Crippen LogP contribution is 2.16. The highest BCUT2D eigenvalue weighted by Gasteiger charge is 2.08. The van der Waals surface area contributed by atoms with E-state index in [-0.39, 0.29) is 5.82 Å². The smallest absolute Gasteiger partial charge is 0.125 e. The first kappa shape index (κ1) is 14.5. The lowest BCUT2D eigenvalue weighted by molar-refractivity contribution is 0.270.